The lowest BCUT2D eigenvalue weighted by Crippen LogP contribution is -2.21. The number of hydrazone groups is 1. The number of methoxy groups -OCH3 is 1. The number of amides is 1. The minimum Gasteiger partial charge on any atom is -0.378 e. The molecule has 3 N–H and O–H groups in total. The molecule has 1 aliphatic carbocycles. The van der Waals surface area contributed by atoms with Gasteiger partial charge in [0.15, 0.2) is 5.69 Å². The van der Waals surface area contributed by atoms with E-state index in [1.165, 1.54) is 11.8 Å². The number of allylic oxidation sites excluding steroid dienone is 2. The highest BCUT2D eigenvalue weighted by molar-refractivity contribution is 5.93. The van der Waals surface area contributed by atoms with Crippen molar-refractivity contribution in [3.05, 3.63) is 23.5 Å². The SMILES string of the molecule is COCc1c(C(=O)NN=CC2CC=CCC2)nnn1-c1nonc1N. The summed E-state index contributed by atoms with van der Waals surface area (Å²) in [5, 5.41) is 18.9. The van der Waals surface area contributed by atoms with Crippen LogP contribution in [0.15, 0.2) is 21.9 Å². The Morgan fingerprint density at radius 1 is 1.56 bits per heavy atom. The summed E-state index contributed by atoms with van der Waals surface area (Å²) < 4.78 is 10.9. The smallest absolute Gasteiger partial charge is 0.293 e. The summed E-state index contributed by atoms with van der Waals surface area (Å²) in [5.41, 5.74) is 8.54. The molecule has 2 aromatic heterocycles. The zero-order valence-corrected chi connectivity index (χ0v) is 13.6. The highest BCUT2D eigenvalue weighted by atomic mass is 16.6. The van der Waals surface area contributed by atoms with Crippen molar-refractivity contribution in [2.24, 2.45) is 11.0 Å². The third-order valence-corrected chi connectivity index (χ3v) is 3.72. The van der Waals surface area contributed by atoms with Crippen LogP contribution in [0.2, 0.25) is 0 Å². The van der Waals surface area contributed by atoms with Gasteiger partial charge >= 0.3 is 0 Å². The second kappa shape index (κ2) is 7.66. The first kappa shape index (κ1) is 16.8. The molecule has 0 bridgehead atoms. The second-order valence-electron chi connectivity index (χ2n) is 5.47. The van der Waals surface area contributed by atoms with Gasteiger partial charge < -0.3 is 10.5 Å². The van der Waals surface area contributed by atoms with Crippen LogP contribution in [-0.2, 0) is 11.3 Å². The van der Waals surface area contributed by atoms with Gasteiger partial charge in [-0.25, -0.2) is 10.1 Å². The summed E-state index contributed by atoms with van der Waals surface area (Å²) >= 11 is 0. The molecule has 1 unspecified atom stereocenters. The van der Waals surface area contributed by atoms with Crippen LogP contribution in [0, 0.1) is 5.92 Å². The molecule has 0 radical (unpaired) electrons. The quantitative estimate of drug-likeness (QED) is 0.435. The fourth-order valence-electron chi connectivity index (χ4n) is 2.46. The second-order valence-corrected chi connectivity index (χ2v) is 5.47. The molecule has 0 aliphatic heterocycles. The number of rotatable bonds is 6. The molecule has 11 heteroatoms. The van der Waals surface area contributed by atoms with Gasteiger partial charge in [-0.1, -0.05) is 17.4 Å². The topological polar surface area (TPSA) is 146 Å². The molecule has 11 nitrogen and oxygen atoms in total. The van der Waals surface area contributed by atoms with Crippen LogP contribution in [0.4, 0.5) is 5.82 Å². The van der Waals surface area contributed by atoms with Gasteiger partial charge in [-0.3, -0.25) is 4.79 Å². The molecule has 2 aromatic rings. The molecule has 2 heterocycles. The van der Waals surface area contributed by atoms with Crippen molar-refractivity contribution >= 4 is 17.9 Å². The Morgan fingerprint density at radius 3 is 3.12 bits per heavy atom. The van der Waals surface area contributed by atoms with Gasteiger partial charge in [0, 0.05) is 13.3 Å². The van der Waals surface area contributed by atoms with Gasteiger partial charge in [0.2, 0.25) is 11.6 Å². The number of hydrogen-bond donors (Lipinski definition) is 2. The number of hydrogen-bond acceptors (Lipinski definition) is 9. The van der Waals surface area contributed by atoms with Crippen LogP contribution in [0.25, 0.3) is 5.82 Å². The van der Waals surface area contributed by atoms with E-state index in [9.17, 15) is 4.79 Å². The summed E-state index contributed by atoms with van der Waals surface area (Å²) in [7, 11) is 1.48. The summed E-state index contributed by atoms with van der Waals surface area (Å²) in [6, 6.07) is 0. The molecular formula is C14H18N8O3. The Kier molecular flexibility index (Phi) is 5.14. The normalized spacial score (nSPS) is 17.2. The number of nitrogen functional groups attached to an aromatic ring is 1. The first-order valence-electron chi connectivity index (χ1n) is 7.71. The van der Waals surface area contributed by atoms with Crippen molar-refractivity contribution < 1.29 is 14.2 Å². The molecule has 3 rings (SSSR count). The average Bonchev–Trinajstić information content (AvgIpc) is 3.22. The fourth-order valence-corrected chi connectivity index (χ4v) is 2.46. The van der Waals surface area contributed by atoms with Crippen LogP contribution < -0.4 is 11.2 Å². The molecule has 0 spiro atoms. The Bertz CT molecular complexity index is 794. The monoisotopic (exact) mass is 346 g/mol. The van der Waals surface area contributed by atoms with Crippen molar-refractivity contribution in [2.75, 3.05) is 12.8 Å². The molecule has 1 aliphatic rings. The zero-order valence-electron chi connectivity index (χ0n) is 13.6. The highest BCUT2D eigenvalue weighted by Gasteiger charge is 2.23. The van der Waals surface area contributed by atoms with Gasteiger partial charge in [-0.15, -0.1) is 5.10 Å². The third-order valence-electron chi connectivity index (χ3n) is 3.72. The largest absolute Gasteiger partial charge is 0.378 e. The van der Waals surface area contributed by atoms with E-state index in [1.807, 2.05) is 0 Å². The standard InChI is InChI=1S/C14H18N8O3/c1-24-8-10-11(17-21-22(10)13-12(15)19-25-20-13)14(23)18-16-7-9-5-3-2-4-6-9/h2-3,7,9H,4-6,8H2,1H3,(H2,15,19)(H,18,23). The van der Waals surface area contributed by atoms with Gasteiger partial charge in [0.1, 0.15) is 5.69 Å². The minimum atomic E-state index is -0.504. The number of carbonyl (C=O) groups excluding carboxylic acids is 1. The van der Waals surface area contributed by atoms with Crippen molar-refractivity contribution in [1.29, 1.82) is 0 Å². The van der Waals surface area contributed by atoms with Crippen LogP contribution in [-0.4, -0.2) is 44.5 Å². The lowest BCUT2D eigenvalue weighted by molar-refractivity contribution is 0.0944. The first-order chi connectivity index (χ1) is 12.2. The number of nitrogens with two attached hydrogens (primary N) is 1. The molecule has 132 valence electrons. The van der Waals surface area contributed by atoms with Crippen LogP contribution in [0.3, 0.4) is 0 Å². The fraction of sp³-hybridized carbons (Fsp3) is 0.429. The maximum absolute atomic E-state index is 12.3. The Hall–Kier alpha value is -3.08. The van der Waals surface area contributed by atoms with E-state index in [4.69, 9.17) is 10.5 Å². The number of nitrogens with zero attached hydrogens (tertiary/aromatic N) is 6. The highest BCUT2D eigenvalue weighted by Crippen LogP contribution is 2.17. The Labute approximate surface area is 142 Å². The molecule has 25 heavy (non-hydrogen) atoms. The Morgan fingerprint density at radius 2 is 2.44 bits per heavy atom. The third kappa shape index (κ3) is 3.71. The first-order valence-corrected chi connectivity index (χ1v) is 7.71. The summed E-state index contributed by atoms with van der Waals surface area (Å²) in [6.45, 7) is 0.0686. The van der Waals surface area contributed by atoms with E-state index in [1.54, 1.807) is 6.21 Å². The Balaban J connectivity index is 1.76. The number of aromatic nitrogens is 5. The maximum atomic E-state index is 12.3. The zero-order chi connectivity index (χ0) is 17.6. The number of nitrogens with one attached hydrogen (secondary N) is 1. The van der Waals surface area contributed by atoms with Crippen LogP contribution >= 0.6 is 0 Å². The van der Waals surface area contributed by atoms with E-state index in [2.05, 4.69) is 47.9 Å². The van der Waals surface area contributed by atoms with E-state index < -0.39 is 5.91 Å². The molecule has 0 saturated heterocycles. The molecule has 0 fully saturated rings. The summed E-state index contributed by atoms with van der Waals surface area (Å²) in [5.74, 6) is -0.0231. The summed E-state index contributed by atoms with van der Waals surface area (Å²) in [6.07, 6.45) is 8.94. The van der Waals surface area contributed by atoms with E-state index in [0.29, 0.717) is 11.6 Å². The number of carbonyl (C=O) groups is 1. The van der Waals surface area contributed by atoms with Gasteiger partial charge in [0.05, 0.1) is 6.61 Å². The predicted molar refractivity (Wildman–Crippen MR) is 86.8 cm³/mol. The molecular weight excluding hydrogens is 328 g/mol. The number of anilines is 1. The van der Waals surface area contributed by atoms with Gasteiger partial charge in [-0.05, 0) is 35.5 Å². The maximum Gasteiger partial charge on any atom is 0.293 e. The summed E-state index contributed by atoms with van der Waals surface area (Å²) in [4.78, 5) is 12.3. The van der Waals surface area contributed by atoms with E-state index in [0.717, 1.165) is 19.3 Å². The van der Waals surface area contributed by atoms with E-state index in [-0.39, 0.29) is 23.9 Å². The molecule has 1 amide bonds. The van der Waals surface area contributed by atoms with E-state index >= 15 is 0 Å². The number of ether oxygens (including phenoxy) is 1. The van der Waals surface area contributed by atoms with Crippen molar-refractivity contribution in [2.45, 2.75) is 25.9 Å². The molecule has 0 aromatic carbocycles. The van der Waals surface area contributed by atoms with Crippen LogP contribution in [0.1, 0.15) is 35.4 Å². The van der Waals surface area contributed by atoms with Crippen molar-refractivity contribution in [1.82, 2.24) is 30.7 Å². The van der Waals surface area contributed by atoms with Gasteiger partial charge in [0.25, 0.3) is 5.91 Å². The van der Waals surface area contributed by atoms with Crippen molar-refractivity contribution in [3.8, 4) is 5.82 Å². The van der Waals surface area contributed by atoms with Crippen LogP contribution in [0.5, 0.6) is 0 Å². The average molecular weight is 346 g/mol. The molecule has 1 atom stereocenters. The minimum absolute atomic E-state index is 0.0255. The molecule has 0 saturated carbocycles. The van der Waals surface area contributed by atoms with Crippen molar-refractivity contribution in [3.63, 3.8) is 0 Å². The predicted octanol–water partition coefficient (Wildman–Crippen LogP) is 0.451. The lowest BCUT2D eigenvalue weighted by atomic mass is 9.96. The van der Waals surface area contributed by atoms with Gasteiger partial charge in [-0.2, -0.15) is 9.78 Å². The lowest BCUT2D eigenvalue weighted by Gasteiger charge is -2.11.